The molecule has 11 rings (SSSR count). The molecule has 15 nitrogen and oxygen atoms in total. The Morgan fingerprint density at radius 2 is 1.68 bits per heavy atom. The van der Waals surface area contributed by atoms with E-state index in [1.54, 1.807) is 27.4 Å². The molecule has 1 saturated carbocycles. The quantitative estimate of drug-likeness (QED) is 0.134. The Morgan fingerprint density at radius 1 is 0.862 bits per heavy atom. The lowest BCUT2D eigenvalue weighted by Gasteiger charge is -2.42. The molecule has 3 saturated heterocycles. The Hall–Kier alpha value is -6.19. The van der Waals surface area contributed by atoms with E-state index in [1.165, 1.54) is 24.8 Å². The molecule has 2 bridgehead atoms. The molecule has 15 heteroatoms. The van der Waals surface area contributed by atoms with Crippen molar-refractivity contribution in [1.29, 1.82) is 0 Å². The van der Waals surface area contributed by atoms with Crippen molar-refractivity contribution in [2.24, 2.45) is 5.41 Å². The molecule has 6 aliphatic rings. The van der Waals surface area contributed by atoms with E-state index in [4.69, 9.17) is 9.97 Å². The summed E-state index contributed by atoms with van der Waals surface area (Å²) in [5.74, 6) is 0.635. The fraction of sp³-hybridized carbons (Fsp3) is 0.460. The van der Waals surface area contributed by atoms with Crippen molar-refractivity contribution < 1.29 is 19.5 Å². The zero-order chi connectivity index (χ0) is 44.5. The number of amides is 3. The molecule has 2 unspecified atom stereocenters. The number of aliphatic hydroxyl groups is 1. The molecule has 2 aromatic carbocycles. The summed E-state index contributed by atoms with van der Waals surface area (Å²) in [7, 11) is 0. The minimum absolute atomic E-state index is 0.115. The van der Waals surface area contributed by atoms with Crippen molar-refractivity contribution in [2.75, 3.05) is 36.4 Å². The van der Waals surface area contributed by atoms with Crippen LogP contribution < -0.4 is 21.1 Å². The molecule has 4 fully saturated rings. The molecule has 8 heterocycles. The van der Waals surface area contributed by atoms with Crippen LogP contribution in [0.4, 0.5) is 17.3 Å². The maximum absolute atomic E-state index is 13.6. The highest BCUT2D eigenvalue weighted by Crippen LogP contribution is 2.49. The van der Waals surface area contributed by atoms with Gasteiger partial charge in [0.15, 0.2) is 11.5 Å². The number of benzene rings is 2. The van der Waals surface area contributed by atoms with Gasteiger partial charge in [-0.2, -0.15) is 4.98 Å². The molecule has 3 N–H and O–H groups in total. The number of piperidine rings is 3. The predicted octanol–water partition coefficient (Wildman–Crippen LogP) is 6.06. The van der Waals surface area contributed by atoms with Crippen LogP contribution in [0, 0.1) is 5.41 Å². The Kier molecular flexibility index (Phi) is 10.4. The number of likely N-dealkylation sites (tertiary alicyclic amines) is 1. The normalized spacial score (nSPS) is 25.4. The third kappa shape index (κ3) is 7.71. The fourth-order valence-electron chi connectivity index (χ4n) is 11.6. The van der Waals surface area contributed by atoms with Gasteiger partial charge in [0.05, 0.1) is 12.2 Å². The Morgan fingerprint density at radius 3 is 2.48 bits per heavy atom. The minimum atomic E-state index is -1.12. The molecular formula is C50H56N10O5. The van der Waals surface area contributed by atoms with Crippen LogP contribution in [-0.2, 0) is 28.3 Å². The average Bonchev–Trinajstić information content (AvgIpc) is 3.96. The first-order valence-corrected chi connectivity index (χ1v) is 23.5. The van der Waals surface area contributed by atoms with Crippen molar-refractivity contribution >= 4 is 46.1 Å². The zero-order valence-electron chi connectivity index (χ0n) is 36.9. The minimum Gasteiger partial charge on any atom is -0.384 e. The first kappa shape index (κ1) is 41.5. The van der Waals surface area contributed by atoms with Gasteiger partial charge in [-0.1, -0.05) is 36.4 Å². The number of hydrogen-bond donors (Lipinski definition) is 3. The van der Waals surface area contributed by atoms with Crippen molar-refractivity contribution in [3.8, 4) is 5.82 Å². The number of nitrogens with one attached hydrogen (secondary N) is 2. The number of aromatic nitrogens is 5. The summed E-state index contributed by atoms with van der Waals surface area (Å²) < 4.78 is 3.35. The van der Waals surface area contributed by atoms with E-state index in [0.29, 0.717) is 83.8 Å². The first-order chi connectivity index (χ1) is 31.5. The van der Waals surface area contributed by atoms with Gasteiger partial charge in [0.2, 0.25) is 17.8 Å². The number of allylic oxidation sites excluding steroid dienone is 2. The molecule has 0 radical (unpaired) electrons. The Labute approximate surface area is 377 Å². The van der Waals surface area contributed by atoms with E-state index in [-0.39, 0.29) is 29.7 Å². The van der Waals surface area contributed by atoms with Gasteiger partial charge in [-0.15, -0.1) is 0 Å². The van der Waals surface area contributed by atoms with Crippen LogP contribution in [0.15, 0.2) is 83.8 Å². The third-order valence-corrected chi connectivity index (χ3v) is 15.5. The number of pyridine rings is 1. The molecule has 5 aromatic rings. The molecule has 1 spiro atoms. The molecule has 3 aromatic heterocycles. The highest BCUT2D eigenvalue weighted by atomic mass is 16.3. The standard InChI is InChI=1S/C50H56N10O5/c1-49(65)19-3-2-4-23-59-47(64)39-30-51-48(55-44(39)60(59)42-7-5-6-41(49)53-42)52-35-11-8-32(9-12-35)33-17-24-56(25-18-33)37-16-20-50(29-37)21-26-57(27-22-50)36-13-10-34-31-58(46(63)38(34)28-36)40-14-15-43(61)54-45(40)62/h2,4-13,28,30,33,37,40,65H,3,14-27,29,31H2,1H3,(H,51,52,55)(H,54,61,62)/b4-2-/t37?,40?,49-/m1/s1. The number of hydrogen-bond acceptors (Lipinski definition) is 11. The largest absolute Gasteiger partial charge is 0.384 e. The number of carbonyl (C=O) groups excluding carboxylic acids is 3. The zero-order valence-corrected chi connectivity index (χ0v) is 36.9. The van der Waals surface area contributed by atoms with Gasteiger partial charge in [0.1, 0.15) is 17.0 Å². The summed E-state index contributed by atoms with van der Waals surface area (Å²) in [5, 5.41) is 17.4. The summed E-state index contributed by atoms with van der Waals surface area (Å²) in [6.07, 6.45) is 15.7. The molecular weight excluding hydrogens is 821 g/mol. The van der Waals surface area contributed by atoms with Gasteiger partial charge in [0, 0.05) is 55.2 Å². The number of nitrogens with zero attached hydrogens (tertiary/aromatic N) is 8. The first-order valence-electron chi connectivity index (χ1n) is 23.5. The SMILES string of the molecule is C[C@@]1(O)CC/C=C\Cn2c(=O)c3cnc(Nc4ccc(C5CCN(C6CCC7(CCN(c8ccc9c(c8)C(=O)N(C8CCC(=O)NC8=O)C9)CC7)C6)CC5)cc4)nc3n2-c2cccc1n2. The van der Waals surface area contributed by atoms with Gasteiger partial charge in [-0.3, -0.25) is 24.5 Å². The van der Waals surface area contributed by atoms with Crippen LogP contribution in [0.5, 0.6) is 0 Å². The third-order valence-electron chi connectivity index (χ3n) is 15.5. The van der Waals surface area contributed by atoms with E-state index in [2.05, 4.69) is 55.7 Å². The van der Waals surface area contributed by atoms with Gasteiger partial charge in [0.25, 0.3) is 11.5 Å². The van der Waals surface area contributed by atoms with E-state index in [1.807, 2.05) is 42.5 Å². The molecule has 3 amide bonds. The molecule has 336 valence electrons. The van der Waals surface area contributed by atoms with E-state index in [0.717, 1.165) is 68.8 Å². The van der Waals surface area contributed by atoms with Crippen molar-refractivity contribution in [3.05, 3.63) is 112 Å². The number of anilines is 3. The van der Waals surface area contributed by atoms with E-state index in [9.17, 15) is 24.3 Å². The Balaban J connectivity index is 0.693. The monoisotopic (exact) mass is 876 g/mol. The lowest BCUT2D eigenvalue weighted by Crippen LogP contribution is -2.52. The molecule has 1 aliphatic carbocycles. The predicted molar refractivity (Wildman–Crippen MR) is 246 cm³/mol. The number of imide groups is 1. The maximum Gasteiger partial charge on any atom is 0.278 e. The second kappa shape index (κ2) is 16.4. The van der Waals surface area contributed by atoms with Crippen molar-refractivity contribution in [2.45, 2.75) is 114 Å². The smallest absolute Gasteiger partial charge is 0.278 e. The lowest BCUT2D eigenvalue weighted by molar-refractivity contribution is -0.136. The van der Waals surface area contributed by atoms with Crippen molar-refractivity contribution in [1.82, 2.24) is 39.4 Å². The fourth-order valence-corrected chi connectivity index (χ4v) is 11.6. The van der Waals surface area contributed by atoms with Gasteiger partial charge in [-0.05, 0) is 143 Å². The highest BCUT2D eigenvalue weighted by molar-refractivity contribution is 6.05. The number of fused-ring (bicyclic) bond motifs is 7. The second-order valence-electron chi connectivity index (χ2n) is 19.5. The summed E-state index contributed by atoms with van der Waals surface area (Å²) in [6.45, 7) is 6.70. The number of rotatable bonds is 6. The van der Waals surface area contributed by atoms with E-state index < -0.39 is 11.6 Å². The summed E-state index contributed by atoms with van der Waals surface area (Å²) in [5.41, 5.74) is 4.97. The highest BCUT2D eigenvalue weighted by Gasteiger charge is 2.44. The molecule has 5 aliphatic heterocycles. The van der Waals surface area contributed by atoms with Gasteiger partial charge >= 0.3 is 0 Å². The Bertz CT molecular complexity index is 2780. The maximum atomic E-state index is 13.6. The van der Waals surface area contributed by atoms with Crippen LogP contribution in [-0.4, -0.2) is 95.2 Å². The molecule has 65 heavy (non-hydrogen) atoms. The van der Waals surface area contributed by atoms with Gasteiger partial charge in [-0.25, -0.2) is 19.3 Å². The van der Waals surface area contributed by atoms with Crippen LogP contribution in [0.2, 0.25) is 0 Å². The van der Waals surface area contributed by atoms with Crippen LogP contribution in [0.3, 0.4) is 0 Å². The van der Waals surface area contributed by atoms with Crippen LogP contribution in [0.25, 0.3) is 16.9 Å². The van der Waals surface area contributed by atoms with Crippen LogP contribution >= 0.6 is 0 Å². The summed E-state index contributed by atoms with van der Waals surface area (Å²) >= 11 is 0. The van der Waals surface area contributed by atoms with Crippen molar-refractivity contribution in [3.63, 3.8) is 0 Å². The topological polar surface area (TPSA) is 171 Å². The summed E-state index contributed by atoms with van der Waals surface area (Å²) in [4.78, 5) is 72.3. The van der Waals surface area contributed by atoms with Crippen LogP contribution in [0.1, 0.15) is 111 Å². The lowest BCUT2D eigenvalue weighted by atomic mass is 9.76. The van der Waals surface area contributed by atoms with Gasteiger partial charge < -0.3 is 25.1 Å². The summed E-state index contributed by atoms with van der Waals surface area (Å²) in [6, 6.07) is 20.3. The average molecular weight is 877 g/mol. The van der Waals surface area contributed by atoms with E-state index >= 15 is 0 Å². The second-order valence-corrected chi connectivity index (χ2v) is 19.5. The molecule has 3 atom stereocenters. The number of carbonyl (C=O) groups is 3.